The van der Waals surface area contributed by atoms with Gasteiger partial charge in [-0.3, -0.25) is 0 Å². The highest BCUT2D eigenvalue weighted by atomic mass is 16.2. The zero-order valence-corrected chi connectivity index (χ0v) is 11.6. The van der Waals surface area contributed by atoms with E-state index in [1.807, 2.05) is 4.90 Å². The van der Waals surface area contributed by atoms with E-state index in [1.54, 1.807) is 0 Å². The summed E-state index contributed by atoms with van der Waals surface area (Å²) in [4.78, 5) is 14.3. The van der Waals surface area contributed by atoms with Crippen molar-refractivity contribution in [3.63, 3.8) is 0 Å². The first-order valence-electron chi connectivity index (χ1n) is 7.37. The molecule has 0 saturated carbocycles. The fraction of sp³-hybridized carbons (Fsp3) is 0.562. The molecule has 0 radical (unpaired) electrons. The fourth-order valence-corrected chi connectivity index (χ4v) is 3.32. The van der Waals surface area contributed by atoms with Crippen molar-refractivity contribution >= 4 is 6.03 Å². The van der Waals surface area contributed by atoms with Gasteiger partial charge in [0.15, 0.2) is 0 Å². The average molecular weight is 258 g/mol. The molecular weight excluding hydrogens is 236 g/mol. The molecule has 19 heavy (non-hydrogen) atoms. The number of hydrogen-bond donors (Lipinski definition) is 1. The fourth-order valence-electron chi connectivity index (χ4n) is 3.32. The number of aryl methyl sites for hydroxylation is 1. The van der Waals surface area contributed by atoms with Gasteiger partial charge >= 0.3 is 6.03 Å². The minimum absolute atomic E-state index is 0.119. The van der Waals surface area contributed by atoms with E-state index in [4.69, 9.17) is 0 Å². The number of likely N-dealkylation sites (tertiary alicyclic amines) is 1. The van der Waals surface area contributed by atoms with Crippen LogP contribution in [0.5, 0.6) is 0 Å². The molecule has 3 rings (SSSR count). The Labute approximate surface area is 115 Å². The number of amides is 2. The normalized spacial score (nSPS) is 26.1. The van der Waals surface area contributed by atoms with Gasteiger partial charge in [0.2, 0.25) is 0 Å². The number of carbonyl (C=O) groups excluding carboxylic acids is 1. The second-order valence-electron chi connectivity index (χ2n) is 5.93. The van der Waals surface area contributed by atoms with Crippen molar-refractivity contribution in [2.24, 2.45) is 5.92 Å². The summed E-state index contributed by atoms with van der Waals surface area (Å²) in [6, 6.07) is 8.78. The number of fused-ring (bicyclic) bond motifs is 1. The van der Waals surface area contributed by atoms with E-state index in [1.165, 1.54) is 17.5 Å². The molecule has 1 heterocycles. The van der Waals surface area contributed by atoms with Crippen molar-refractivity contribution in [3.8, 4) is 0 Å². The van der Waals surface area contributed by atoms with Crippen molar-refractivity contribution < 1.29 is 4.79 Å². The highest BCUT2D eigenvalue weighted by molar-refractivity contribution is 5.75. The van der Waals surface area contributed by atoms with Crippen LogP contribution in [0.15, 0.2) is 24.3 Å². The first-order valence-corrected chi connectivity index (χ1v) is 7.37. The summed E-state index contributed by atoms with van der Waals surface area (Å²) in [5.74, 6) is 0.635. The summed E-state index contributed by atoms with van der Waals surface area (Å²) in [5, 5.41) is 3.21. The molecule has 1 fully saturated rings. The maximum Gasteiger partial charge on any atom is 0.317 e. The highest BCUT2D eigenvalue weighted by Gasteiger charge is 2.27. The van der Waals surface area contributed by atoms with Gasteiger partial charge < -0.3 is 10.2 Å². The van der Waals surface area contributed by atoms with Gasteiger partial charge in [-0.05, 0) is 42.7 Å². The molecule has 1 saturated heterocycles. The minimum Gasteiger partial charge on any atom is -0.331 e. The summed E-state index contributed by atoms with van der Waals surface area (Å²) in [7, 11) is 0. The van der Waals surface area contributed by atoms with E-state index in [9.17, 15) is 4.79 Å². The quantitative estimate of drug-likeness (QED) is 0.824. The molecule has 1 aromatic rings. The lowest BCUT2D eigenvalue weighted by molar-refractivity contribution is 0.166. The van der Waals surface area contributed by atoms with Crippen molar-refractivity contribution in [2.75, 3.05) is 13.1 Å². The Kier molecular flexibility index (Phi) is 3.45. The second-order valence-corrected chi connectivity index (χ2v) is 5.93. The molecule has 2 amide bonds. The number of urea groups is 1. The van der Waals surface area contributed by atoms with Crippen LogP contribution in [0, 0.1) is 5.92 Å². The average Bonchev–Trinajstić information content (AvgIpc) is 2.82. The third-order valence-electron chi connectivity index (χ3n) is 4.37. The predicted molar refractivity (Wildman–Crippen MR) is 76.0 cm³/mol. The predicted octanol–water partition coefficient (Wildman–Crippen LogP) is 3.12. The summed E-state index contributed by atoms with van der Waals surface area (Å²) in [5.41, 5.74) is 2.70. The molecule has 2 unspecified atom stereocenters. The Morgan fingerprint density at radius 1 is 1.32 bits per heavy atom. The number of carbonyl (C=O) groups is 1. The topological polar surface area (TPSA) is 32.3 Å². The van der Waals surface area contributed by atoms with Crippen LogP contribution in [0.4, 0.5) is 4.79 Å². The van der Waals surface area contributed by atoms with Crippen LogP contribution in [0.1, 0.15) is 43.4 Å². The highest BCUT2D eigenvalue weighted by Crippen LogP contribution is 2.31. The summed E-state index contributed by atoms with van der Waals surface area (Å²) >= 11 is 0. The van der Waals surface area contributed by atoms with Crippen molar-refractivity contribution in [1.29, 1.82) is 0 Å². The zero-order valence-electron chi connectivity index (χ0n) is 11.6. The van der Waals surface area contributed by atoms with Crippen LogP contribution in [0.3, 0.4) is 0 Å². The number of benzene rings is 1. The lowest BCUT2D eigenvalue weighted by atomic mass is 10.0. The summed E-state index contributed by atoms with van der Waals surface area (Å²) in [6.45, 7) is 4.04. The zero-order chi connectivity index (χ0) is 13.2. The van der Waals surface area contributed by atoms with E-state index in [0.717, 1.165) is 32.4 Å². The lowest BCUT2D eigenvalue weighted by Crippen LogP contribution is -2.45. The van der Waals surface area contributed by atoms with Crippen LogP contribution < -0.4 is 5.32 Å². The van der Waals surface area contributed by atoms with E-state index in [2.05, 4.69) is 36.5 Å². The minimum atomic E-state index is 0.119. The number of nitrogens with zero attached hydrogens (tertiary/aromatic N) is 1. The van der Waals surface area contributed by atoms with Crippen molar-refractivity contribution in [2.45, 2.75) is 38.6 Å². The Bertz CT molecular complexity index is 472. The van der Waals surface area contributed by atoms with Crippen LogP contribution in [-0.2, 0) is 6.42 Å². The number of piperidine rings is 1. The smallest absolute Gasteiger partial charge is 0.317 e. The molecule has 1 aliphatic carbocycles. The molecule has 0 aromatic heterocycles. The largest absolute Gasteiger partial charge is 0.331 e. The summed E-state index contributed by atoms with van der Waals surface area (Å²) in [6.07, 6.45) is 4.50. The Balaban J connectivity index is 1.64. The summed E-state index contributed by atoms with van der Waals surface area (Å²) < 4.78 is 0. The molecule has 3 nitrogen and oxygen atoms in total. The maximum atomic E-state index is 12.3. The number of nitrogens with one attached hydrogen (secondary N) is 1. The van der Waals surface area contributed by atoms with Crippen molar-refractivity contribution in [1.82, 2.24) is 10.2 Å². The molecule has 1 N–H and O–H groups in total. The van der Waals surface area contributed by atoms with Crippen LogP contribution in [0.25, 0.3) is 0 Å². The van der Waals surface area contributed by atoms with E-state index >= 15 is 0 Å². The third-order valence-corrected chi connectivity index (χ3v) is 4.37. The molecule has 102 valence electrons. The number of hydrogen-bond acceptors (Lipinski definition) is 1. The van der Waals surface area contributed by atoms with E-state index in [-0.39, 0.29) is 12.1 Å². The van der Waals surface area contributed by atoms with Gasteiger partial charge in [-0.25, -0.2) is 4.79 Å². The van der Waals surface area contributed by atoms with E-state index < -0.39 is 0 Å². The Morgan fingerprint density at radius 3 is 3.00 bits per heavy atom. The lowest BCUT2D eigenvalue weighted by Gasteiger charge is -2.32. The molecule has 3 heteroatoms. The van der Waals surface area contributed by atoms with Crippen molar-refractivity contribution in [3.05, 3.63) is 35.4 Å². The van der Waals surface area contributed by atoms with Gasteiger partial charge in [0.25, 0.3) is 0 Å². The second kappa shape index (κ2) is 5.24. The SMILES string of the molecule is CC1CCCN(C(=O)NC2CCc3ccccc32)C1. The van der Waals surface area contributed by atoms with Gasteiger partial charge in [-0.15, -0.1) is 0 Å². The van der Waals surface area contributed by atoms with Gasteiger partial charge in [0.05, 0.1) is 6.04 Å². The van der Waals surface area contributed by atoms with E-state index in [0.29, 0.717) is 5.92 Å². The molecule has 2 aliphatic rings. The standard InChI is InChI=1S/C16H22N2O/c1-12-5-4-10-18(11-12)16(19)17-15-9-8-13-6-2-3-7-14(13)15/h2-3,6-7,12,15H,4-5,8-11H2,1H3,(H,17,19). The molecular formula is C16H22N2O. The van der Waals surface area contributed by atoms with Crippen LogP contribution in [0.2, 0.25) is 0 Å². The third kappa shape index (κ3) is 2.60. The first-order chi connectivity index (χ1) is 9.24. The van der Waals surface area contributed by atoms with Gasteiger partial charge in [0, 0.05) is 13.1 Å². The number of rotatable bonds is 1. The van der Waals surface area contributed by atoms with Gasteiger partial charge in [-0.1, -0.05) is 31.2 Å². The van der Waals surface area contributed by atoms with Gasteiger partial charge in [0.1, 0.15) is 0 Å². The first kappa shape index (κ1) is 12.5. The molecule has 2 atom stereocenters. The van der Waals surface area contributed by atoms with Crippen LogP contribution in [-0.4, -0.2) is 24.0 Å². The maximum absolute atomic E-state index is 12.3. The molecule has 1 aliphatic heterocycles. The molecule has 1 aromatic carbocycles. The molecule has 0 spiro atoms. The molecule has 0 bridgehead atoms. The monoisotopic (exact) mass is 258 g/mol. The Morgan fingerprint density at radius 2 is 2.16 bits per heavy atom. The van der Waals surface area contributed by atoms with Crippen LogP contribution >= 0.6 is 0 Å². The van der Waals surface area contributed by atoms with Gasteiger partial charge in [-0.2, -0.15) is 0 Å². The Hall–Kier alpha value is -1.51.